The monoisotopic (exact) mass is 210 g/mol. The molecule has 0 unspecified atom stereocenters. The zero-order valence-electron chi connectivity index (χ0n) is 8.83. The number of rotatable bonds is 6. The Hall–Kier alpha value is -1.52. The van der Waals surface area contributed by atoms with E-state index < -0.39 is 0 Å². The van der Waals surface area contributed by atoms with Crippen LogP contribution in [0.25, 0.3) is 0 Å². The Bertz CT molecular complexity index is 258. The van der Waals surface area contributed by atoms with E-state index in [9.17, 15) is 4.79 Å². The third-order valence-corrected chi connectivity index (χ3v) is 2.07. The second-order valence-corrected chi connectivity index (χ2v) is 3.50. The first-order chi connectivity index (χ1) is 7.24. The highest BCUT2D eigenvalue weighted by molar-refractivity contribution is 5.81. The summed E-state index contributed by atoms with van der Waals surface area (Å²) < 4.78 is 0. The van der Waals surface area contributed by atoms with Gasteiger partial charge in [-0.05, 0) is 12.8 Å². The highest BCUT2D eigenvalue weighted by Crippen LogP contribution is 2.28. The largest absolute Gasteiger partial charge is 0.370 e. The van der Waals surface area contributed by atoms with Crippen molar-refractivity contribution in [2.75, 3.05) is 19.6 Å². The Morgan fingerprint density at radius 1 is 1.53 bits per heavy atom. The molecule has 1 rings (SSSR count). The summed E-state index contributed by atoms with van der Waals surface area (Å²) in [6.45, 7) is 5.21. The maximum Gasteiger partial charge on any atom is 0.223 e. The minimum absolute atomic E-state index is 0.142. The second-order valence-electron chi connectivity index (χ2n) is 3.50. The van der Waals surface area contributed by atoms with Gasteiger partial charge in [0, 0.05) is 19.0 Å². The summed E-state index contributed by atoms with van der Waals surface area (Å²) in [5.74, 6) is 0.781. The summed E-state index contributed by atoms with van der Waals surface area (Å²) in [5.41, 5.74) is 5.53. The van der Waals surface area contributed by atoms with Gasteiger partial charge in [0.2, 0.25) is 5.91 Å². The molecule has 0 atom stereocenters. The summed E-state index contributed by atoms with van der Waals surface area (Å²) >= 11 is 0. The minimum atomic E-state index is 0.142. The summed E-state index contributed by atoms with van der Waals surface area (Å²) in [6, 6.07) is 0. The quantitative estimate of drug-likeness (QED) is 0.241. The molecule has 1 saturated carbocycles. The minimum Gasteiger partial charge on any atom is -0.370 e. The lowest BCUT2D eigenvalue weighted by molar-refractivity contribution is -0.122. The van der Waals surface area contributed by atoms with Gasteiger partial charge in [-0.15, -0.1) is 6.58 Å². The molecule has 0 saturated heterocycles. The first kappa shape index (κ1) is 11.6. The molecule has 1 amide bonds. The molecule has 0 aromatic carbocycles. The van der Waals surface area contributed by atoms with Gasteiger partial charge >= 0.3 is 0 Å². The number of hydrogen-bond acceptors (Lipinski definition) is 2. The molecule has 0 aromatic heterocycles. The average molecular weight is 210 g/mol. The normalized spacial score (nSPS) is 15.9. The molecular formula is C10H18N4O. The Morgan fingerprint density at radius 3 is 2.87 bits per heavy atom. The lowest BCUT2D eigenvalue weighted by Gasteiger charge is -2.03. The number of aliphatic imine (C=N–C) groups is 1. The molecule has 15 heavy (non-hydrogen) atoms. The van der Waals surface area contributed by atoms with E-state index in [1.165, 1.54) is 0 Å². The lowest BCUT2D eigenvalue weighted by atomic mass is 10.4. The smallest absolute Gasteiger partial charge is 0.223 e. The van der Waals surface area contributed by atoms with Crippen LogP contribution in [-0.4, -0.2) is 31.5 Å². The van der Waals surface area contributed by atoms with Crippen molar-refractivity contribution in [1.82, 2.24) is 10.6 Å². The van der Waals surface area contributed by atoms with Crippen LogP contribution in [0.2, 0.25) is 0 Å². The van der Waals surface area contributed by atoms with Gasteiger partial charge in [0.1, 0.15) is 0 Å². The number of amides is 1. The fourth-order valence-corrected chi connectivity index (χ4v) is 1.08. The summed E-state index contributed by atoms with van der Waals surface area (Å²) in [5, 5.41) is 5.66. The topological polar surface area (TPSA) is 79.5 Å². The molecular weight excluding hydrogens is 192 g/mol. The molecule has 0 spiro atoms. The molecule has 4 N–H and O–H groups in total. The molecule has 0 bridgehead atoms. The first-order valence-electron chi connectivity index (χ1n) is 5.16. The second kappa shape index (κ2) is 6.06. The molecule has 84 valence electrons. The molecule has 1 fully saturated rings. The maximum absolute atomic E-state index is 11.2. The van der Waals surface area contributed by atoms with Gasteiger partial charge in [-0.1, -0.05) is 6.08 Å². The van der Waals surface area contributed by atoms with Crippen LogP contribution in [0.4, 0.5) is 0 Å². The third-order valence-electron chi connectivity index (χ3n) is 2.07. The van der Waals surface area contributed by atoms with Crippen molar-refractivity contribution in [3.05, 3.63) is 12.7 Å². The molecule has 1 aliphatic rings. The standard InChI is InChI=1S/C10H18N4O/c1-2-5-13-10(11)14-7-6-12-9(15)8-3-4-8/h2,8H,1,3-7H2,(H,12,15)(H3,11,13,14). The highest BCUT2D eigenvalue weighted by atomic mass is 16.2. The summed E-state index contributed by atoms with van der Waals surface area (Å²) in [4.78, 5) is 15.2. The van der Waals surface area contributed by atoms with Crippen LogP contribution in [0.15, 0.2) is 17.6 Å². The molecule has 0 aromatic rings. The van der Waals surface area contributed by atoms with E-state index in [2.05, 4.69) is 22.2 Å². The van der Waals surface area contributed by atoms with Crippen LogP contribution in [0.1, 0.15) is 12.8 Å². The number of carbonyl (C=O) groups excluding carboxylic acids is 1. The highest BCUT2D eigenvalue weighted by Gasteiger charge is 2.28. The van der Waals surface area contributed by atoms with Crippen LogP contribution >= 0.6 is 0 Å². The average Bonchev–Trinajstić information content (AvgIpc) is 3.04. The van der Waals surface area contributed by atoms with E-state index in [0.717, 1.165) is 12.8 Å². The predicted octanol–water partition coefficient (Wildman–Crippen LogP) is -0.397. The van der Waals surface area contributed by atoms with E-state index in [0.29, 0.717) is 25.6 Å². The van der Waals surface area contributed by atoms with Gasteiger partial charge in [-0.2, -0.15) is 0 Å². The Morgan fingerprint density at radius 2 is 2.27 bits per heavy atom. The van der Waals surface area contributed by atoms with Gasteiger partial charge in [0.25, 0.3) is 0 Å². The van der Waals surface area contributed by atoms with Crippen molar-refractivity contribution in [2.24, 2.45) is 16.6 Å². The van der Waals surface area contributed by atoms with E-state index in [-0.39, 0.29) is 11.8 Å². The van der Waals surface area contributed by atoms with Crippen molar-refractivity contribution in [1.29, 1.82) is 0 Å². The number of nitrogens with zero attached hydrogens (tertiary/aromatic N) is 1. The number of carbonyl (C=O) groups is 1. The molecule has 0 heterocycles. The van der Waals surface area contributed by atoms with Gasteiger partial charge in [0.05, 0.1) is 6.54 Å². The number of hydrogen-bond donors (Lipinski definition) is 3. The molecule has 1 aliphatic carbocycles. The Balaban J connectivity index is 2.03. The van der Waals surface area contributed by atoms with Crippen LogP contribution in [0.5, 0.6) is 0 Å². The molecule has 0 aliphatic heterocycles. The van der Waals surface area contributed by atoms with Crippen LogP contribution in [-0.2, 0) is 4.79 Å². The fourth-order valence-electron chi connectivity index (χ4n) is 1.08. The Labute approximate surface area is 89.8 Å². The first-order valence-corrected chi connectivity index (χ1v) is 5.16. The zero-order chi connectivity index (χ0) is 11.1. The summed E-state index contributed by atoms with van der Waals surface area (Å²) in [7, 11) is 0. The van der Waals surface area contributed by atoms with Crippen molar-refractivity contribution < 1.29 is 4.79 Å². The lowest BCUT2D eigenvalue weighted by Crippen LogP contribution is -2.33. The van der Waals surface area contributed by atoms with E-state index in [1.54, 1.807) is 6.08 Å². The van der Waals surface area contributed by atoms with Gasteiger partial charge in [-0.3, -0.25) is 9.79 Å². The zero-order valence-corrected chi connectivity index (χ0v) is 8.83. The number of guanidine groups is 1. The summed E-state index contributed by atoms with van der Waals surface area (Å²) in [6.07, 6.45) is 3.76. The van der Waals surface area contributed by atoms with Gasteiger partial charge in [-0.25, -0.2) is 0 Å². The Kier molecular flexibility index (Phi) is 4.66. The van der Waals surface area contributed by atoms with Gasteiger partial charge in [0.15, 0.2) is 5.96 Å². The van der Waals surface area contributed by atoms with E-state index in [4.69, 9.17) is 5.73 Å². The predicted molar refractivity (Wildman–Crippen MR) is 60.4 cm³/mol. The third kappa shape index (κ3) is 5.05. The SMILES string of the molecule is C=CCNC(N)=NCCNC(=O)C1CC1. The van der Waals surface area contributed by atoms with Crippen molar-refractivity contribution >= 4 is 11.9 Å². The number of nitrogens with one attached hydrogen (secondary N) is 2. The van der Waals surface area contributed by atoms with E-state index >= 15 is 0 Å². The molecule has 5 nitrogen and oxygen atoms in total. The van der Waals surface area contributed by atoms with Crippen LogP contribution in [0.3, 0.4) is 0 Å². The van der Waals surface area contributed by atoms with Crippen molar-refractivity contribution in [2.45, 2.75) is 12.8 Å². The molecule has 0 radical (unpaired) electrons. The molecule has 5 heteroatoms. The number of nitrogens with two attached hydrogens (primary N) is 1. The van der Waals surface area contributed by atoms with Crippen LogP contribution in [0, 0.1) is 5.92 Å². The van der Waals surface area contributed by atoms with Crippen molar-refractivity contribution in [3.8, 4) is 0 Å². The van der Waals surface area contributed by atoms with Crippen LogP contribution < -0.4 is 16.4 Å². The van der Waals surface area contributed by atoms with Crippen molar-refractivity contribution in [3.63, 3.8) is 0 Å². The van der Waals surface area contributed by atoms with E-state index in [1.807, 2.05) is 0 Å². The maximum atomic E-state index is 11.2. The fraction of sp³-hybridized carbons (Fsp3) is 0.600. The van der Waals surface area contributed by atoms with Gasteiger partial charge < -0.3 is 16.4 Å².